The summed E-state index contributed by atoms with van der Waals surface area (Å²) in [7, 11) is 0. The van der Waals surface area contributed by atoms with Crippen LogP contribution in [0.2, 0.25) is 0 Å². The standard InChI is InChI=1S/C8H7ClOS/c1-6(5-8(9)10)7-3-2-4-11-7/h2-5H,1H3. The smallest absolute Gasteiger partial charge is 0.245 e. The molecule has 0 saturated carbocycles. The fourth-order valence-electron chi connectivity index (χ4n) is 0.744. The van der Waals surface area contributed by atoms with Crippen LogP contribution >= 0.6 is 22.9 Å². The van der Waals surface area contributed by atoms with Gasteiger partial charge in [0.15, 0.2) is 0 Å². The van der Waals surface area contributed by atoms with Crippen LogP contribution in [0.4, 0.5) is 0 Å². The Bertz CT molecular complexity index is 274. The Morgan fingerprint density at radius 3 is 2.91 bits per heavy atom. The Morgan fingerprint density at radius 2 is 2.45 bits per heavy atom. The Morgan fingerprint density at radius 1 is 1.73 bits per heavy atom. The molecular formula is C8H7ClOS. The van der Waals surface area contributed by atoms with Crippen LogP contribution in [0.5, 0.6) is 0 Å². The summed E-state index contributed by atoms with van der Waals surface area (Å²) in [5.41, 5.74) is 0.917. The summed E-state index contributed by atoms with van der Waals surface area (Å²) in [6.07, 6.45) is 1.42. The van der Waals surface area contributed by atoms with Gasteiger partial charge in [-0.3, -0.25) is 4.79 Å². The van der Waals surface area contributed by atoms with Crippen molar-refractivity contribution < 1.29 is 4.79 Å². The van der Waals surface area contributed by atoms with Gasteiger partial charge in [0.2, 0.25) is 5.24 Å². The lowest BCUT2D eigenvalue weighted by atomic mass is 10.2. The summed E-state index contributed by atoms with van der Waals surface area (Å²) in [4.78, 5) is 11.5. The molecule has 0 fully saturated rings. The first kappa shape index (κ1) is 8.50. The van der Waals surface area contributed by atoms with Crippen molar-refractivity contribution in [1.29, 1.82) is 0 Å². The highest BCUT2D eigenvalue weighted by Crippen LogP contribution is 2.19. The molecule has 1 heterocycles. The van der Waals surface area contributed by atoms with Crippen molar-refractivity contribution in [2.45, 2.75) is 6.92 Å². The molecule has 0 aliphatic rings. The number of halogens is 1. The number of rotatable bonds is 2. The molecule has 0 saturated heterocycles. The zero-order valence-corrected chi connectivity index (χ0v) is 7.58. The van der Waals surface area contributed by atoms with Gasteiger partial charge >= 0.3 is 0 Å². The molecular weight excluding hydrogens is 180 g/mol. The average molecular weight is 187 g/mol. The molecule has 0 aliphatic carbocycles. The van der Waals surface area contributed by atoms with Crippen LogP contribution < -0.4 is 0 Å². The summed E-state index contributed by atoms with van der Waals surface area (Å²) in [5.74, 6) is 0. The normalized spacial score (nSPS) is 11.6. The number of hydrogen-bond donors (Lipinski definition) is 0. The summed E-state index contributed by atoms with van der Waals surface area (Å²) >= 11 is 6.77. The minimum absolute atomic E-state index is 0.420. The van der Waals surface area contributed by atoms with Gasteiger partial charge in [0.25, 0.3) is 0 Å². The van der Waals surface area contributed by atoms with Crippen molar-refractivity contribution in [3.8, 4) is 0 Å². The van der Waals surface area contributed by atoms with Crippen LogP contribution in [0.3, 0.4) is 0 Å². The Hall–Kier alpha value is -0.600. The predicted molar refractivity (Wildman–Crippen MR) is 48.8 cm³/mol. The van der Waals surface area contributed by atoms with E-state index in [1.807, 2.05) is 24.4 Å². The highest BCUT2D eigenvalue weighted by molar-refractivity contribution is 7.11. The molecule has 0 radical (unpaired) electrons. The van der Waals surface area contributed by atoms with Crippen LogP contribution in [0.15, 0.2) is 23.6 Å². The maximum Gasteiger partial charge on any atom is 0.245 e. The first-order valence-corrected chi connectivity index (χ1v) is 4.37. The van der Waals surface area contributed by atoms with E-state index in [2.05, 4.69) is 0 Å². The molecule has 11 heavy (non-hydrogen) atoms. The molecule has 3 heteroatoms. The second-order valence-corrected chi connectivity index (χ2v) is 3.43. The van der Waals surface area contributed by atoms with Crippen molar-refractivity contribution in [2.75, 3.05) is 0 Å². The van der Waals surface area contributed by atoms with Gasteiger partial charge in [-0.2, -0.15) is 0 Å². The molecule has 0 atom stereocenters. The van der Waals surface area contributed by atoms with Crippen LogP contribution in [0.25, 0.3) is 5.57 Å². The van der Waals surface area contributed by atoms with Gasteiger partial charge in [-0.15, -0.1) is 11.3 Å². The monoisotopic (exact) mass is 186 g/mol. The summed E-state index contributed by atoms with van der Waals surface area (Å²) in [6, 6.07) is 3.90. The molecule has 1 nitrogen and oxygen atoms in total. The van der Waals surface area contributed by atoms with Crippen molar-refractivity contribution in [1.82, 2.24) is 0 Å². The fraction of sp³-hybridized carbons (Fsp3) is 0.125. The van der Waals surface area contributed by atoms with Crippen LogP contribution in [0, 0.1) is 0 Å². The molecule has 0 aromatic carbocycles. The molecule has 1 rings (SSSR count). The van der Waals surface area contributed by atoms with Gasteiger partial charge in [-0.25, -0.2) is 0 Å². The minimum Gasteiger partial charge on any atom is -0.276 e. The van der Waals surface area contributed by atoms with Crippen LogP contribution in [0.1, 0.15) is 11.8 Å². The van der Waals surface area contributed by atoms with E-state index in [9.17, 15) is 4.79 Å². The predicted octanol–water partition coefficient (Wildman–Crippen LogP) is 2.92. The van der Waals surface area contributed by atoms with Gasteiger partial charge in [-0.1, -0.05) is 6.07 Å². The van der Waals surface area contributed by atoms with Crippen LogP contribution in [-0.4, -0.2) is 5.24 Å². The third-order valence-corrected chi connectivity index (χ3v) is 2.35. The lowest BCUT2D eigenvalue weighted by molar-refractivity contribution is -0.107. The van der Waals surface area contributed by atoms with Gasteiger partial charge in [0.1, 0.15) is 0 Å². The van der Waals surface area contributed by atoms with E-state index in [-0.39, 0.29) is 0 Å². The molecule has 58 valence electrons. The van der Waals surface area contributed by atoms with Gasteiger partial charge in [0.05, 0.1) is 0 Å². The number of carbonyl (C=O) groups excluding carboxylic acids is 1. The Balaban J connectivity index is 2.86. The number of hydrogen-bond acceptors (Lipinski definition) is 2. The zero-order valence-electron chi connectivity index (χ0n) is 6.00. The third kappa shape index (κ3) is 2.48. The van der Waals surface area contributed by atoms with Gasteiger partial charge in [-0.05, 0) is 35.5 Å². The van der Waals surface area contributed by atoms with Crippen molar-refractivity contribution in [3.05, 3.63) is 28.5 Å². The lowest BCUT2D eigenvalue weighted by Gasteiger charge is -1.91. The van der Waals surface area contributed by atoms with E-state index in [1.165, 1.54) is 6.08 Å². The zero-order chi connectivity index (χ0) is 8.27. The topological polar surface area (TPSA) is 17.1 Å². The molecule has 1 aromatic rings. The largest absolute Gasteiger partial charge is 0.276 e. The van der Waals surface area contributed by atoms with Crippen molar-refractivity contribution in [3.63, 3.8) is 0 Å². The summed E-state index contributed by atoms with van der Waals surface area (Å²) in [5, 5.41) is 1.54. The number of carbonyl (C=O) groups is 1. The maximum atomic E-state index is 10.4. The fourth-order valence-corrected chi connectivity index (χ4v) is 1.61. The second kappa shape index (κ2) is 3.69. The first-order chi connectivity index (χ1) is 5.20. The van der Waals surface area contributed by atoms with E-state index in [0.29, 0.717) is 0 Å². The quantitative estimate of drug-likeness (QED) is 0.513. The average Bonchev–Trinajstić information content (AvgIpc) is 2.35. The van der Waals surface area contributed by atoms with Crippen molar-refractivity contribution >= 4 is 33.8 Å². The molecule has 0 N–H and O–H groups in total. The van der Waals surface area contributed by atoms with Gasteiger partial charge in [0, 0.05) is 11.0 Å². The van der Waals surface area contributed by atoms with E-state index in [4.69, 9.17) is 11.6 Å². The Labute approximate surface area is 74.3 Å². The Kier molecular flexibility index (Phi) is 2.85. The van der Waals surface area contributed by atoms with E-state index >= 15 is 0 Å². The SMILES string of the molecule is CC(=CC(=O)Cl)c1cccs1. The molecule has 0 bridgehead atoms. The second-order valence-electron chi connectivity index (χ2n) is 2.11. The molecule has 1 aromatic heterocycles. The van der Waals surface area contributed by atoms with Gasteiger partial charge < -0.3 is 0 Å². The lowest BCUT2D eigenvalue weighted by Crippen LogP contribution is -1.79. The number of allylic oxidation sites excluding steroid dienone is 2. The highest BCUT2D eigenvalue weighted by Gasteiger charge is 1.97. The van der Waals surface area contributed by atoms with E-state index in [0.717, 1.165) is 10.5 Å². The highest BCUT2D eigenvalue weighted by atomic mass is 35.5. The third-order valence-electron chi connectivity index (χ3n) is 1.24. The molecule has 0 amide bonds. The first-order valence-electron chi connectivity index (χ1n) is 3.12. The molecule has 0 spiro atoms. The summed E-state index contributed by atoms with van der Waals surface area (Å²) in [6.45, 7) is 1.87. The van der Waals surface area contributed by atoms with E-state index < -0.39 is 5.24 Å². The number of thiophene rings is 1. The maximum absolute atomic E-state index is 10.4. The molecule has 0 aliphatic heterocycles. The van der Waals surface area contributed by atoms with Crippen LogP contribution in [-0.2, 0) is 4.79 Å². The van der Waals surface area contributed by atoms with Crippen molar-refractivity contribution in [2.24, 2.45) is 0 Å². The molecule has 0 unspecified atom stereocenters. The minimum atomic E-state index is -0.420. The van der Waals surface area contributed by atoms with E-state index in [1.54, 1.807) is 11.3 Å². The summed E-state index contributed by atoms with van der Waals surface area (Å²) < 4.78 is 0.